The average molecular weight is 816 g/mol. The molecule has 6 fully saturated rings. The molecule has 58 heavy (non-hydrogen) atoms. The maximum absolute atomic E-state index is 2.65. The quantitative estimate of drug-likeness (QED) is 0.0433. The first kappa shape index (κ1) is 50.5. The molecule has 4 unspecified atom stereocenters. The van der Waals surface area contributed by atoms with Crippen molar-refractivity contribution in [3.05, 3.63) is 0 Å². The van der Waals surface area contributed by atoms with Crippen molar-refractivity contribution in [1.82, 2.24) is 0 Å². The molecule has 0 N–H and O–H groups in total. The van der Waals surface area contributed by atoms with Gasteiger partial charge in [-0.05, 0) is 37.5 Å². The second kappa shape index (κ2) is 27.8. The average Bonchev–Trinajstić information content (AvgIpc) is 3.24. The monoisotopic (exact) mass is 815 g/mol. The Bertz CT molecular complexity index is 895. The van der Waals surface area contributed by atoms with Gasteiger partial charge in [0, 0.05) is 11.8 Å². The lowest BCUT2D eigenvalue weighted by Gasteiger charge is -2.57. The number of hydrogen-bond acceptors (Lipinski definition) is 0. The van der Waals surface area contributed by atoms with Crippen molar-refractivity contribution in [3.63, 3.8) is 0 Å². The van der Waals surface area contributed by atoms with E-state index in [-0.39, 0.29) is 0 Å². The van der Waals surface area contributed by atoms with Crippen LogP contribution in [-0.4, -0.2) is 123 Å². The molecule has 0 radical (unpaired) electrons. The standard InChI is InChI=1S/C54H110N4/c1-7-9-11-13-15-17-19-21-23-25-27-29-31-33-35-55-37-43-57(44-38-55,45-39-55)49-51(3)53(5)54(6)52(4)50-58-46-40-56(41-47-58,42-48-58)36-34-32-30-28-26-24-22-20-18-16-14-12-10-8-2/h51-54H,7-50H2,1-6H3/q+4. The van der Waals surface area contributed by atoms with Gasteiger partial charge in [0.2, 0.25) is 0 Å². The number of nitrogens with zero attached hydrogens (tertiary/aromatic N) is 4. The largest absolute Gasteiger partial charge is 0.310 e. The minimum atomic E-state index is 0.837. The molecule has 0 aromatic carbocycles. The van der Waals surface area contributed by atoms with Gasteiger partial charge in [-0.25, -0.2) is 0 Å². The number of piperazine rings is 6. The van der Waals surface area contributed by atoms with Crippen molar-refractivity contribution in [2.75, 3.05) is 105 Å². The third kappa shape index (κ3) is 17.5. The van der Waals surface area contributed by atoms with Gasteiger partial charge < -0.3 is 17.9 Å². The number of hydrogen-bond donors (Lipinski definition) is 0. The van der Waals surface area contributed by atoms with E-state index in [1.807, 2.05) is 0 Å². The highest BCUT2D eigenvalue weighted by atomic mass is 15.5. The van der Waals surface area contributed by atoms with Crippen LogP contribution in [0.1, 0.15) is 221 Å². The van der Waals surface area contributed by atoms with E-state index >= 15 is 0 Å². The number of fused-ring (bicyclic) bond motifs is 6. The molecule has 0 aromatic rings. The topological polar surface area (TPSA) is 0 Å². The molecule has 0 spiro atoms. The Labute approximate surface area is 366 Å². The Morgan fingerprint density at radius 2 is 0.448 bits per heavy atom. The smallest absolute Gasteiger partial charge is 0.129 e. The molecule has 6 rings (SSSR count). The number of rotatable bonds is 37. The van der Waals surface area contributed by atoms with Crippen molar-refractivity contribution >= 4 is 0 Å². The minimum absolute atomic E-state index is 0.837. The van der Waals surface area contributed by atoms with Crippen LogP contribution >= 0.6 is 0 Å². The summed E-state index contributed by atoms with van der Waals surface area (Å²) >= 11 is 0. The Kier molecular flexibility index (Phi) is 24.2. The van der Waals surface area contributed by atoms with E-state index in [4.69, 9.17) is 0 Å². The summed E-state index contributed by atoms with van der Waals surface area (Å²) in [4.78, 5) is 0. The lowest BCUT2D eigenvalue weighted by Crippen LogP contribution is -2.76. The summed E-state index contributed by atoms with van der Waals surface area (Å²) in [5.41, 5.74) is 0. The zero-order valence-corrected chi connectivity index (χ0v) is 41.2. The fourth-order valence-corrected chi connectivity index (χ4v) is 13.0. The van der Waals surface area contributed by atoms with Crippen LogP contribution in [0.25, 0.3) is 0 Å². The van der Waals surface area contributed by atoms with Gasteiger partial charge in [0.05, 0.1) is 26.2 Å². The van der Waals surface area contributed by atoms with Gasteiger partial charge in [0.25, 0.3) is 0 Å². The Balaban J connectivity index is 1.01. The van der Waals surface area contributed by atoms with Crippen LogP contribution in [0.4, 0.5) is 0 Å². The normalized spacial score (nSPS) is 28.9. The maximum atomic E-state index is 2.65. The summed E-state index contributed by atoms with van der Waals surface area (Å²) in [5.74, 6) is 3.37. The summed E-state index contributed by atoms with van der Waals surface area (Å²) in [7, 11) is 0. The zero-order chi connectivity index (χ0) is 41.4. The Hall–Kier alpha value is -0.160. The molecule has 0 aliphatic carbocycles. The van der Waals surface area contributed by atoms with Crippen molar-refractivity contribution < 1.29 is 17.9 Å². The van der Waals surface area contributed by atoms with Crippen LogP contribution in [0.15, 0.2) is 0 Å². The van der Waals surface area contributed by atoms with Gasteiger partial charge in [0.1, 0.15) is 78.5 Å². The van der Waals surface area contributed by atoms with Gasteiger partial charge in [-0.2, -0.15) is 0 Å². The van der Waals surface area contributed by atoms with Gasteiger partial charge in [-0.1, -0.05) is 196 Å². The molecule has 6 aliphatic rings. The van der Waals surface area contributed by atoms with Gasteiger partial charge in [-0.3, -0.25) is 0 Å². The second-order valence-corrected chi connectivity index (χ2v) is 22.7. The van der Waals surface area contributed by atoms with Crippen LogP contribution in [-0.2, 0) is 0 Å². The highest BCUT2D eigenvalue weighted by Crippen LogP contribution is 2.36. The van der Waals surface area contributed by atoms with Crippen LogP contribution < -0.4 is 0 Å². The van der Waals surface area contributed by atoms with E-state index in [0.717, 1.165) is 23.7 Å². The van der Waals surface area contributed by atoms with Crippen LogP contribution in [0.5, 0.6) is 0 Å². The lowest BCUT2D eigenvalue weighted by atomic mass is 9.77. The van der Waals surface area contributed by atoms with E-state index in [1.165, 1.54) is 302 Å². The van der Waals surface area contributed by atoms with Crippen LogP contribution in [0.2, 0.25) is 0 Å². The summed E-state index contributed by atoms with van der Waals surface area (Å²) < 4.78 is 5.89. The van der Waals surface area contributed by atoms with Crippen molar-refractivity contribution in [2.45, 2.75) is 221 Å². The molecule has 4 nitrogen and oxygen atoms in total. The Morgan fingerprint density at radius 1 is 0.259 bits per heavy atom. The molecule has 0 saturated carbocycles. The first-order valence-electron chi connectivity index (χ1n) is 27.6. The SMILES string of the molecule is CCCCCCCCCCCCCCCC[N+]12CC[N+](CC(C)C(C)C(C)C(C)C[N+]34CC[N+](CCCCCCCCCCCCCCCC)(CC3)CC4)(CC1)CC2. The van der Waals surface area contributed by atoms with E-state index in [2.05, 4.69) is 41.5 Å². The third-order valence-corrected chi connectivity index (χ3v) is 18.2. The molecular formula is C54H110N4+4. The number of unbranched alkanes of at least 4 members (excludes halogenated alkanes) is 26. The molecule has 342 valence electrons. The molecule has 4 heteroatoms. The Morgan fingerprint density at radius 3 is 0.672 bits per heavy atom. The second-order valence-electron chi connectivity index (χ2n) is 22.7. The van der Waals surface area contributed by atoms with E-state index in [9.17, 15) is 0 Å². The van der Waals surface area contributed by atoms with E-state index in [0.29, 0.717) is 0 Å². The third-order valence-electron chi connectivity index (χ3n) is 18.2. The molecule has 4 bridgehead atoms. The predicted molar refractivity (Wildman–Crippen MR) is 256 cm³/mol. The first-order valence-corrected chi connectivity index (χ1v) is 27.6. The van der Waals surface area contributed by atoms with Gasteiger partial charge in [0.15, 0.2) is 0 Å². The summed E-state index contributed by atoms with van der Waals surface area (Å²) in [6.07, 6.45) is 41.3. The predicted octanol–water partition coefficient (Wildman–Crippen LogP) is 13.8. The molecule has 6 saturated heterocycles. The fourth-order valence-electron chi connectivity index (χ4n) is 13.0. The number of quaternary nitrogens is 4. The molecule has 6 aliphatic heterocycles. The van der Waals surface area contributed by atoms with E-state index < -0.39 is 0 Å². The van der Waals surface area contributed by atoms with Crippen LogP contribution in [0, 0.1) is 23.7 Å². The molecule has 4 atom stereocenters. The summed E-state index contributed by atoms with van der Waals surface area (Å²) in [5, 5.41) is 0. The lowest BCUT2D eigenvalue weighted by molar-refractivity contribution is -1.08. The fraction of sp³-hybridized carbons (Fsp3) is 1.00. The van der Waals surface area contributed by atoms with Gasteiger partial charge in [-0.15, -0.1) is 0 Å². The first-order chi connectivity index (χ1) is 28.2. The summed E-state index contributed by atoms with van der Waals surface area (Å²) in [6.45, 7) is 38.8. The molecule has 0 amide bonds. The molecule has 6 heterocycles. The highest BCUT2D eigenvalue weighted by molar-refractivity contribution is 4.76. The molecular weight excluding hydrogens is 705 g/mol. The van der Waals surface area contributed by atoms with Crippen molar-refractivity contribution in [1.29, 1.82) is 0 Å². The summed E-state index contributed by atoms with van der Waals surface area (Å²) in [6, 6.07) is 0. The maximum Gasteiger partial charge on any atom is 0.129 e. The van der Waals surface area contributed by atoms with Crippen LogP contribution in [0.3, 0.4) is 0 Å². The van der Waals surface area contributed by atoms with E-state index in [1.54, 1.807) is 0 Å². The molecule has 0 aromatic heterocycles. The zero-order valence-electron chi connectivity index (χ0n) is 41.2. The highest BCUT2D eigenvalue weighted by Gasteiger charge is 2.51. The van der Waals surface area contributed by atoms with Crippen molar-refractivity contribution in [3.8, 4) is 0 Å². The van der Waals surface area contributed by atoms with Crippen molar-refractivity contribution in [2.24, 2.45) is 23.7 Å². The minimum Gasteiger partial charge on any atom is -0.310 e. The van der Waals surface area contributed by atoms with Gasteiger partial charge >= 0.3 is 0 Å².